The van der Waals surface area contributed by atoms with Gasteiger partial charge in [-0.25, -0.2) is 4.98 Å². The number of anilines is 1. The lowest BCUT2D eigenvalue weighted by Gasteiger charge is -2.31. The quantitative estimate of drug-likeness (QED) is 0.538. The molecule has 0 bridgehead atoms. The van der Waals surface area contributed by atoms with Crippen molar-refractivity contribution in [1.29, 1.82) is 0 Å². The van der Waals surface area contributed by atoms with Gasteiger partial charge < -0.3 is 14.6 Å². The molecule has 0 unspecified atom stereocenters. The number of hydrogen-bond acceptors (Lipinski definition) is 5. The summed E-state index contributed by atoms with van der Waals surface area (Å²) in [5, 5.41) is 8.93. The Morgan fingerprint density at radius 3 is 2.47 bits per heavy atom. The Balaban J connectivity index is 1.25. The molecule has 6 nitrogen and oxygen atoms in total. The maximum absolute atomic E-state index is 5.22. The molecule has 1 aliphatic heterocycles. The average Bonchev–Trinajstić information content (AvgIpc) is 3.23. The molecule has 152 valence electrons. The van der Waals surface area contributed by atoms with Gasteiger partial charge in [0.25, 0.3) is 0 Å². The fourth-order valence-electron chi connectivity index (χ4n) is 4.13. The van der Waals surface area contributed by atoms with Crippen molar-refractivity contribution in [3.05, 3.63) is 66.0 Å². The first-order valence-corrected chi connectivity index (χ1v) is 10.4. The Hall–Kier alpha value is -3.41. The number of piperidine rings is 1. The van der Waals surface area contributed by atoms with Crippen LogP contribution in [0.25, 0.3) is 22.3 Å². The van der Waals surface area contributed by atoms with Crippen LogP contribution in [0.3, 0.4) is 0 Å². The second-order valence-electron chi connectivity index (χ2n) is 7.91. The summed E-state index contributed by atoms with van der Waals surface area (Å²) in [6.07, 6.45) is 2.11. The largest absolute Gasteiger partial charge is 0.497 e. The highest BCUT2D eigenvalue weighted by atomic mass is 16.5. The molecule has 30 heavy (non-hydrogen) atoms. The van der Waals surface area contributed by atoms with Gasteiger partial charge in [0.15, 0.2) is 5.82 Å². The molecule has 1 aliphatic rings. The molecule has 1 N–H and O–H groups in total. The molecule has 1 fully saturated rings. The monoisotopic (exact) mass is 399 g/mol. The Morgan fingerprint density at radius 2 is 1.77 bits per heavy atom. The molecular weight excluding hydrogens is 374 g/mol. The van der Waals surface area contributed by atoms with Gasteiger partial charge in [-0.1, -0.05) is 6.07 Å². The van der Waals surface area contributed by atoms with E-state index in [0.717, 1.165) is 65.6 Å². The highest BCUT2D eigenvalue weighted by molar-refractivity contribution is 5.76. The van der Waals surface area contributed by atoms with Gasteiger partial charge in [-0.2, -0.15) is 0 Å². The van der Waals surface area contributed by atoms with Crippen molar-refractivity contribution in [2.75, 3.05) is 25.1 Å². The van der Waals surface area contributed by atoms with Gasteiger partial charge in [0.2, 0.25) is 0 Å². The zero-order chi connectivity index (χ0) is 20.5. The summed E-state index contributed by atoms with van der Waals surface area (Å²) in [7, 11) is 1.67. The van der Waals surface area contributed by atoms with Gasteiger partial charge >= 0.3 is 0 Å². The number of ether oxygens (including phenoxy) is 1. The summed E-state index contributed by atoms with van der Waals surface area (Å²) in [5.74, 6) is 3.34. The van der Waals surface area contributed by atoms with E-state index in [0.29, 0.717) is 5.92 Å². The van der Waals surface area contributed by atoms with Crippen molar-refractivity contribution in [2.24, 2.45) is 0 Å². The summed E-state index contributed by atoms with van der Waals surface area (Å²) < 4.78 is 5.22. The van der Waals surface area contributed by atoms with Crippen LogP contribution in [-0.4, -0.2) is 40.4 Å². The molecule has 3 heterocycles. The summed E-state index contributed by atoms with van der Waals surface area (Å²) in [6.45, 7) is 4.02. The summed E-state index contributed by atoms with van der Waals surface area (Å²) in [5.41, 5.74) is 5.34. The van der Waals surface area contributed by atoms with Crippen LogP contribution < -0.4 is 9.64 Å². The average molecular weight is 399 g/mol. The van der Waals surface area contributed by atoms with Gasteiger partial charge in [-0.15, -0.1) is 10.2 Å². The number of methoxy groups -OCH3 is 1. The van der Waals surface area contributed by atoms with Crippen molar-refractivity contribution in [1.82, 2.24) is 20.2 Å². The van der Waals surface area contributed by atoms with E-state index in [9.17, 15) is 0 Å². The molecule has 0 aliphatic carbocycles. The fourth-order valence-corrected chi connectivity index (χ4v) is 4.13. The van der Waals surface area contributed by atoms with E-state index in [1.54, 1.807) is 7.11 Å². The standard InChI is InChI=1S/C24H25N5O/c1-16-3-8-21-22(15-16)26-24(25-21)18-11-13-29(14-12-18)23-10-9-20(27-28-23)17-4-6-19(30-2)7-5-17/h3-10,15,18H,11-14H2,1-2H3,(H,25,26). The highest BCUT2D eigenvalue weighted by Gasteiger charge is 2.24. The van der Waals surface area contributed by atoms with E-state index in [4.69, 9.17) is 9.72 Å². The highest BCUT2D eigenvalue weighted by Crippen LogP contribution is 2.30. The molecule has 5 rings (SSSR count). The minimum atomic E-state index is 0.459. The van der Waals surface area contributed by atoms with Crippen LogP contribution in [0.15, 0.2) is 54.6 Å². The normalized spacial score (nSPS) is 14.9. The van der Waals surface area contributed by atoms with Crippen molar-refractivity contribution in [3.8, 4) is 17.0 Å². The molecule has 0 spiro atoms. The van der Waals surface area contributed by atoms with Crippen molar-refractivity contribution in [2.45, 2.75) is 25.7 Å². The number of aromatic nitrogens is 4. The molecule has 6 heteroatoms. The maximum Gasteiger partial charge on any atom is 0.151 e. The molecule has 0 amide bonds. The van der Waals surface area contributed by atoms with E-state index in [2.05, 4.69) is 51.3 Å². The number of hydrogen-bond donors (Lipinski definition) is 1. The van der Waals surface area contributed by atoms with Gasteiger partial charge in [-0.3, -0.25) is 0 Å². The van der Waals surface area contributed by atoms with E-state index >= 15 is 0 Å². The molecule has 4 aromatic rings. The van der Waals surface area contributed by atoms with E-state index in [1.165, 1.54) is 5.56 Å². The van der Waals surface area contributed by atoms with Gasteiger partial charge in [0.1, 0.15) is 11.6 Å². The summed E-state index contributed by atoms with van der Waals surface area (Å²) in [6, 6.07) is 18.4. The van der Waals surface area contributed by atoms with Gasteiger partial charge in [0.05, 0.1) is 23.8 Å². The van der Waals surface area contributed by atoms with Crippen molar-refractivity contribution in [3.63, 3.8) is 0 Å². The predicted molar refractivity (Wildman–Crippen MR) is 119 cm³/mol. The fraction of sp³-hybridized carbons (Fsp3) is 0.292. The third-order valence-electron chi connectivity index (χ3n) is 5.90. The zero-order valence-corrected chi connectivity index (χ0v) is 17.3. The molecule has 0 radical (unpaired) electrons. The zero-order valence-electron chi connectivity index (χ0n) is 17.3. The lowest BCUT2D eigenvalue weighted by Crippen LogP contribution is -2.33. The first-order chi connectivity index (χ1) is 14.7. The second kappa shape index (κ2) is 7.78. The van der Waals surface area contributed by atoms with Crippen molar-refractivity contribution >= 4 is 16.9 Å². The number of nitrogens with one attached hydrogen (secondary N) is 1. The number of rotatable bonds is 4. The van der Waals surface area contributed by atoms with Crippen LogP contribution in [0.1, 0.15) is 30.1 Å². The van der Waals surface area contributed by atoms with Crippen LogP contribution in [0, 0.1) is 6.92 Å². The maximum atomic E-state index is 5.22. The topological polar surface area (TPSA) is 66.9 Å². The molecule has 2 aromatic carbocycles. The first-order valence-electron chi connectivity index (χ1n) is 10.4. The number of nitrogens with zero attached hydrogens (tertiary/aromatic N) is 4. The van der Waals surface area contributed by atoms with Crippen LogP contribution in [0.2, 0.25) is 0 Å². The SMILES string of the molecule is COc1ccc(-c2ccc(N3CCC(c4nc5ccc(C)cc5[nH]4)CC3)nn2)cc1. The second-order valence-corrected chi connectivity index (χ2v) is 7.91. The van der Waals surface area contributed by atoms with E-state index in [-0.39, 0.29) is 0 Å². The first kappa shape index (κ1) is 18.6. The predicted octanol–water partition coefficient (Wildman–Crippen LogP) is 4.72. The molecule has 0 saturated carbocycles. The molecular formula is C24H25N5O. The van der Waals surface area contributed by atoms with Crippen LogP contribution in [0.4, 0.5) is 5.82 Å². The van der Waals surface area contributed by atoms with Crippen LogP contribution in [-0.2, 0) is 0 Å². The smallest absolute Gasteiger partial charge is 0.151 e. The third-order valence-corrected chi connectivity index (χ3v) is 5.90. The molecule has 0 atom stereocenters. The molecule has 1 saturated heterocycles. The van der Waals surface area contributed by atoms with Gasteiger partial charge in [0, 0.05) is 24.6 Å². The Labute approximate surface area is 175 Å². The van der Waals surface area contributed by atoms with Crippen LogP contribution >= 0.6 is 0 Å². The molecule has 2 aromatic heterocycles. The Bertz CT molecular complexity index is 1140. The lowest BCUT2D eigenvalue weighted by atomic mass is 9.96. The summed E-state index contributed by atoms with van der Waals surface area (Å²) >= 11 is 0. The third kappa shape index (κ3) is 3.61. The number of aromatic amines is 1. The number of fused-ring (bicyclic) bond motifs is 1. The van der Waals surface area contributed by atoms with Crippen molar-refractivity contribution < 1.29 is 4.74 Å². The minimum Gasteiger partial charge on any atom is -0.497 e. The number of benzene rings is 2. The van der Waals surface area contributed by atoms with Crippen LogP contribution in [0.5, 0.6) is 5.75 Å². The number of aryl methyl sites for hydroxylation is 1. The van der Waals surface area contributed by atoms with E-state index < -0.39 is 0 Å². The minimum absolute atomic E-state index is 0.459. The van der Waals surface area contributed by atoms with Gasteiger partial charge in [-0.05, 0) is 73.9 Å². The Kier molecular flexibility index (Phi) is 4.83. The number of imidazole rings is 1. The lowest BCUT2D eigenvalue weighted by molar-refractivity contribution is 0.415. The number of H-pyrrole nitrogens is 1. The van der Waals surface area contributed by atoms with E-state index in [1.807, 2.05) is 30.3 Å². The summed E-state index contributed by atoms with van der Waals surface area (Å²) in [4.78, 5) is 10.7. The Morgan fingerprint density at radius 1 is 0.967 bits per heavy atom.